The molecule has 2 fully saturated rings. The molecule has 0 radical (unpaired) electrons. The Morgan fingerprint density at radius 2 is 1.90 bits per heavy atom. The Hall–Kier alpha value is -0.900. The molecular formula is C18H27NO2. The summed E-state index contributed by atoms with van der Waals surface area (Å²) in [5, 5.41) is 10.5. The van der Waals surface area contributed by atoms with Gasteiger partial charge in [0.05, 0.1) is 18.8 Å². The number of nitrogens with zero attached hydrogens (tertiary/aromatic N) is 1. The first-order valence-corrected chi connectivity index (χ1v) is 8.25. The molecule has 1 saturated heterocycles. The summed E-state index contributed by atoms with van der Waals surface area (Å²) in [6, 6.07) is 11.4. The van der Waals surface area contributed by atoms with Crippen LogP contribution in [0.15, 0.2) is 30.3 Å². The van der Waals surface area contributed by atoms with E-state index in [-0.39, 0.29) is 18.2 Å². The van der Waals surface area contributed by atoms with E-state index in [4.69, 9.17) is 4.74 Å². The Morgan fingerprint density at radius 3 is 2.67 bits per heavy atom. The van der Waals surface area contributed by atoms with E-state index in [0.29, 0.717) is 12.0 Å². The first-order chi connectivity index (χ1) is 10.1. The molecular weight excluding hydrogens is 262 g/mol. The molecule has 3 rings (SSSR count). The molecule has 1 saturated carbocycles. The normalized spacial score (nSPS) is 38.3. The van der Waals surface area contributed by atoms with Crippen molar-refractivity contribution in [2.45, 2.75) is 63.3 Å². The van der Waals surface area contributed by atoms with E-state index in [1.807, 2.05) is 0 Å². The number of rotatable bonds is 2. The fraction of sp³-hybridized carbons (Fsp3) is 0.667. The minimum Gasteiger partial charge on any atom is -0.391 e. The van der Waals surface area contributed by atoms with Crippen molar-refractivity contribution in [3.05, 3.63) is 35.9 Å². The summed E-state index contributed by atoms with van der Waals surface area (Å²) < 4.78 is 5.73. The van der Waals surface area contributed by atoms with Crippen LogP contribution in [0.3, 0.4) is 0 Å². The van der Waals surface area contributed by atoms with Gasteiger partial charge in [0.2, 0.25) is 0 Å². The van der Waals surface area contributed by atoms with Crippen molar-refractivity contribution in [3.63, 3.8) is 0 Å². The lowest BCUT2D eigenvalue weighted by Gasteiger charge is -2.46. The van der Waals surface area contributed by atoms with Crippen LogP contribution in [0.4, 0.5) is 0 Å². The highest BCUT2D eigenvalue weighted by Crippen LogP contribution is 2.36. The van der Waals surface area contributed by atoms with E-state index in [1.165, 1.54) is 5.56 Å². The van der Waals surface area contributed by atoms with Gasteiger partial charge in [-0.25, -0.2) is 0 Å². The van der Waals surface area contributed by atoms with Crippen molar-refractivity contribution in [1.29, 1.82) is 0 Å². The van der Waals surface area contributed by atoms with E-state index >= 15 is 0 Å². The number of aliphatic hydroxyl groups is 1. The zero-order valence-corrected chi connectivity index (χ0v) is 13.1. The van der Waals surface area contributed by atoms with Crippen LogP contribution in [0.2, 0.25) is 0 Å². The molecule has 3 nitrogen and oxygen atoms in total. The standard InChI is InChI=1S/C18H27NO2/c1-13-12-21-14(2)11-19(13)17-10-16(8-9-18(17)20)15-6-4-3-5-7-15/h3-7,13-14,16-18,20H,8-12H2,1-2H3. The molecule has 1 aliphatic carbocycles. The van der Waals surface area contributed by atoms with Gasteiger partial charge in [-0.1, -0.05) is 30.3 Å². The van der Waals surface area contributed by atoms with Crippen LogP contribution in [0.1, 0.15) is 44.6 Å². The smallest absolute Gasteiger partial charge is 0.0696 e. The Kier molecular flexibility index (Phi) is 4.63. The van der Waals surface area contributed by atoms with Gasteiger partial charge in [-0.15, -0.1) is 0 Å². The van der Waals surface area contributed by atoms with Gasteiger partial charge in [0, 0.05) is 18.6 Å². The molecule has 0 aromatic heterocycles. The number of ether oxygens (including phenoxy) is 1. The summed E-state index contributed by atoms with van der Waals surface area (Å²) in [4.78, 5) is 2.48. The molecule has 5 unspecified atom stereocenters. The van der Waals surface area contributed by atoms with E-state index in [1.54, 1.807) is 0 Å². The summed E-state index contributed by atoms with van der Waals surface area (Å²) in [6.45, 7) is 6.05. The summed E-state index contributed by atoms with van der Waals surface area (Å²) in [5.74, 6) is 0.574. The molecule has 1 aromatic rings. The van der Waals surface area contributed by atoms with Gasteiger partial charge in [-0.2, -0.15) is 0 Å². The minimum atomic E-state index is -0.197. The van der Waals surface area contributed by atoms with Crippen LogP contribution in [-0.4, -0.2) is 47.4 Å². The SMILES string of the molecule is CC1CN(C2CC(c3ccccc3)CCC2O)C(C)CO1. The number of hydrogen-bond acceptors (Lipinski definition) is 3. The molecule has 1 aromatic carbocycles. The molecule has 116 valence electrons. The van der Waals surface area contributed by atoms with Crippen LogP contribution in [0, 0.1) is 0 Å². The van der Waals surface area contributed by atoms with Gasteiger partial charge in [0.15, 0.2) is 0 Å². The summed E-state index contributed by atoms with van der Waals surface area (Å²) in [5.41, 5.74) is 1.42. The van der Waals surface area contributed by atoms with Gasteiger partial charge >= 0.3 is 0 Å². The largest absolute Gasteiger partial charge is 0.391 e. The molecule has 3 heteroatoms. The molecule has 2 aliphatic rings. The van der Waals surface area contributed by atoms with Crippen LogP contribution in [0.5, 0.6) is 0 Å². The first-order valence-electron chi connectivity index (χ1n) is 8.25. The summed E-state index contributed by atoms with van der Waals surface area (Å²) >= 11 is 0. The quantitative estimate of drug-likeness (QED) is 0.909. The fourth-order valence-corrected chi connectivity index (χ4v) is 3.91. The Bertz CT molecular complexity index is 450. The topological polar surface area (TPSA) is 32.7 Å². The van der Waals surface area contributed by atoms with Crippen molar-refractivity contribution < 1.29 is 9.84 Å². The predicted octanol–water partition coefficient (Wildman–Crippen LogP) is 2.79. The zero-order valence-electron chi connectivity index (χ0n) is 13.1. The maximum atomic E-state index is 10.5. The zero-order chi connectivity index (χ0) is 14.8. The monoisotopic (exact) mass is 289 g/mol. The maximum Gasteiger partial charge on any atom is 0.0696 e. The van der Waals surface area contributed by atoms with E-state index in [0.717, 1.165) is 32.4 Å². The third kappa shape index (κ3) is 3.31. The second-order valence-corrected chi connectivity index (χ2v) is 6.75. The fourth-order valence-electron chi connectivity index (χ4n) is 3.91. The van der Waals surface area contributed by atoms with E-state index < -0.39 is 0 Å². The molecule has 1 heterocycles. The predicted molar refractivity (Wildman–Crippen MR) is 84.4 cm³/mol. The van der Waals surface area contributed by atoms with Crippen LogP contribution in [-0.2, 0) is 4.74 Å². The molecule has 1 N–H and O–H groups in total. The second kappa shape index (κ2) is 6.47. The highest BCUT2D eigenvalue weighted by molar-refractivity contribution is 5.20. The van der Waals surface area contributed by atoms with Gasteiger partial charge in [-0.3, -0.25) is 4.90 Å². The third-order valence-corrected chi connectivity index (χ3v) is 5.13. The van der Waals surface area contributed by atoms with E-state index in [9.17, 15) is 5.11 Å². The number of morpholine rings is 1. The second-order valence-electron chi connectivity index (χ2n) is 6.75. The van der Waals surface area contributed by atoms with Crippen molar-refractivity contribution in [2.24, 2.45) is 0 Å². The average Bonchev–Trinajstić information content (AvgIpc) is 2.51. The molecule has 0 amide bonds. The van der Waals surface area contributed by atoms with Gasteiger partial charge < -0.3 is 9.84 Å². The molecule has 0 bridgehead atoms. The Balaban J connectivity index is 1.74. The van der Waals surface area contributed by atoms with Crippen molar-refractivity contribution in [2.75, 3.05) is 13.2 Å². The highest BCUT2D eigenvalue weighted by Gasteiger charge is 2.38. The van der Waals surface area contributed by atoms with Crippen LogP contribution < -0.4 is 0 Å². The average molecular weight is 289 g/mol. The lowest BCUT2D eigenvalue weighted by Crippen LogP contribution is -2.57. The van der Waals surface area contributed by atoms with Crippen LogP contribution in [0.25, 0.3) is 0 Å². The lowest BCUT2D eigenvalue weighted by atomic mass is 9.78. The minimum absolute atomic E-state index is 0.197. The van der Waals surface area contributed by atoms with Gasteiger partial charge in [0.1, 0.15) is 0 Å². The molecule has 1 aliphatic heterocycles. The molecule has 21 heavy (non-hydrogen) atoms. The molecule has 0 spiro atoms. The maximum absolute atomic E-state index is 10.5. The van der Waals surface area contributed by atoms with Gasteiger partial charge in [-0.05, 0) is 44.6 Å². The summed E-state index contributed by atoms with van der Waals surface area (Å²) in [7, 11) is 0. The van der Waals surface area contributed by atoms with Crippen molar-refractivity contribution in [3.8, 4) is 0 Å². The number of benzene rings is 1. The third-order valence-electron chi connectivity index (χ3n) is 5.13. The van der Waals surface area contributed by atoms with Crippen molar-refractivity contribution in [1.82, 2.24) is 4.90 Å². The Morgan fingerprint density at radius 1 is 1.14 bits per heavy atom. The number of aliphatic hydroxyl groups excluding tert-OH is 1. The Labute approximate surface area is 127 Å². The first kappa shape index (κ1) is 15.0. The molecule has 5 atom stereocenters. The number of hydrogen-bond donors (Lipinski definition) is 1. The van der Waals surface area contributed by atoms with Crippen LogP contribution >= 0.6 is 0 Å². The van der Waals surface area contributed by atoms with Gasteiger partial charge in [0.25, 0.3) is 0 Å². The highest BCUT2D eigenvalue weighted by atomic mass is 16.5. The lowest BCUT2D eigenvalue weighted by molar-refractivity contribution is -0.0966. The van der Waals surface area contributed by atoms with Crippen molar-refractivity contribution >= 4 is 0 Å². The van der Waals surface area contributed by atoms with E-state index in [2.05, 4.69) is 49.1 Å². The summed E-state index contributed by atoms with van der Waals surface area (Å²) in [6.07, 6.45) is 3.13.